The van der Waals surface area contributed by atoms with Gasteiger partial charge in [-0.1, -0.05) is 48.6 Å². The van der Waals surface area contributed by atoms with Gasteiger partial charge in [-0.3, -0.25) is 9.59 Å². The van der Waals surface area contributed by atoms with Crippen LogP contribution in [0, 0.1) is 5.92 Å². The number of epoxide rings is 1. The zero-order valence-corrected chi connectivity index (χ0v) is 26.9. The number of aliphatic hydroxyl groups excluding tert-OH is 2. The maximum Gasteiger partial charge on any atom is 0.338 e. The Hall–Kier alpha value is -3.87. The summed E-state index contributed by atoms with van der Waals surface area (Å²) in [5.41, 5.74) is 3.83. The van der Waals surface area contributed by atoms with Crippen molar-refractivity contribution in [2.75, 3.05) is 13.2 Å². The van der Waals surface area contributed by atoms with E-state index < -0.39 is 54.0 Å². The van der Waals surface area contributed by atoms with E-state index in [2.05, 4.69) is 22.8 Å². The SMILES string of the molecule is CC(O)C(NC(=O)C1=CC2OC3(Cc4ccccc4C3)OC2C(OC(=O)c2ccc(C=CC3CCC4OC4C3)cc2)C1)C(=O)NCCO. The third kappa shape index (κ3) is 6.97. The van der Waals surface area contributed by atoms with Crippen molar-refractivity contribution in [1.29, 1.82) is 0 Å². The lowest BCUT2D eigenvalue weighted by atomic mass is 9.89. The summed E-state index contributed by atoms with van der Waals surface area (Å²) in [6.07, 6.45) is 7.77. The van der Waals surface area contributed by atoms with Crippen LogP contribution in [-0.2, 0) is 41.4 Å². The van der Waals surface area contributed by atoms with Gasteiger partial charge >= 0.3 is 5.97 Å². The molecule has 3 aliphatic carbocycles. The van der Waals surface area contributed by atoms with Crippen molar-refractivity contribution in [3.05, 3.63) is 88.5 Å². The number of ether oxygens (including phenoxy) is 4. The number of hydrogen-bond acceptors (Lipinski definition) is 9. The highest BCUT2D eigenvalue weighted by atomic mass is 16.8. The van der Waals surface area contributed by atoms with Crippen LogP contribution in [0.3, 0.4) is 0 Å². The number of nitrogens with one attached hydrogen (secondary N) is 2. The second kappa shape index (κ2) is 13.6. The predicted octanol–water partition coefficient (Wildman–Crippen LogP) is 2.38. The molecule has 0 bridgehead atoms. The largest absolute Gasteiger partial charge is 0.456 e. The van der Waals surface area contributed by atoms with Gasteiger partial charge < -0.3 is 39.8 Å². The third-order valence-corrected chi connectivity index (χ3v) is 9.98. The molecule has 11 nitrogen and oxygen atoms in total. The topological polar surface area (TPSA) is 156 Å². The average molecular weight is 659 g/mol. The van der Waals surface area contributed by atoms with Crippen LogP contribution >= 0.6 is 0 Å². The number of amides is 2. The molecule has 2 amide bonds. The van der Waals surface area contributed by atoms with E-state index in [0.717, 1.165) is 36.0 Å². The fourth-order valence-corrected chi connectivity index (χ4v) is 7.38. The number of benzene rings is 2. The Balaban J connectivity index is 1.07. The quantitative estimate of drug-likeness (QED) is 0.222. The van der Waals surface area contributed by atoms with Gasteiger partial charge in [0.1, 0.15) is 24.4 Å². The van der Waals surface area contributed by atoms with Gasteiger partial charge in [-0.25, -0.2) is 4.79 Å². The van der Waals surface area contributed by atoms with Crippen LogP contribution in [0.25, 0.3) is 6.08 Å². The molecule has 0 radical (unpaired) electrons. The highest BCUT2D eigenvalue weighted by Crippen LogP contribution is 2.45. The summed E-state index contributed by atoms with van der Waals surface area (Å²) in [6.45, 7) is 1.09. The predicted molar refractivity (Wildman–Crippen MR) is 173 cm³/mol. The summed E-state index contributed by atoms with van der Waals surface area (Å²) >= 11 is 0. The lowest BCUT2D eigenvalue weighted by Crippen LogP contribution is -2.54. The lowest BCUT2D eigenvalue weighted by Gasteiger charge is -2.31. The number of aliphatic hydroxyl groups is 2. The van der Waals surface area contributed by atoms with Gasteiger partial charge in [0.05, 0.1) is 30.5 Å². The van der Waals surface area contributed by atoms with Crippen LogP contribution in [0.15, 0.2) is 66.3 Å². The fourth-order valence-electron chi connectivity index (χ4n) is 7.38. The summed E-state index contributed by atoms with van der Waals surface area (Å²) in [6, 6.07) is 14.0. The van der Waals surface area contributed by atoms with E-state index in [1.54, 1.807) is 18.2 Å². The maximum absolute atomic E-state index is 13.5. The molecule has 48 heavy (non-hydrogen) atoms. The summed E-state index contributed by atoms with van der Waals surface area (Å²) in [5.74, 6) is -2.25. The van der Waals surface area contributed by atoms with Crippen molar-refractivity contribution in [2.24, 2.45) is 5.92 Å². The highest BCUT2D eigenvalue weighted by Gasteiger charge is 2.55. The van der Waals surface area contributed by atoms with Crippen molar-refractivity contribution in [3.63, 3.8) is 0 Å². The van der Waals surface area contributed by atoms with Crippen molar-refractivity contribution in [1.82, 2.24) is 10.6 Å². The number of carbonyl (C=O) groups is 3. The average Bonchev–Trinajstić information content (AvgIpc) is 3.64. The first-order valence-corrected chi connectivity index (χ1v) is 16.9. The van der Waals surface area contributed by atoms with Crippen LogP contribution in [0.5, 0.6) is 0 Å². The van der Waals surface area contributed by atoms with E-state index in [1.807, 2.05) is 36.4 Å². The first-order valence-electron chi connectivity index (χ1n) is 16.9. The van der Waals surface area contributed by atoms with Crippen LogP contribution in [0.1, 0.15) is 59.7 Å². The number of hydrogen-bond donors (Lipinski definition) is 4. The first kappa shape index (κ1) is 32.7. The molecular weight excluding hydrogens is 616 g/mol. The second-order valence-corrected chi connectivity index (χ2v) is 13.5. The summed E-state index contributed by atoms with van der Waals surface area (Å²) in [7, 11) is 0. The number of allylic oxidation sites excluding steroid dienone is 1. The van der Waals surface area contributed by atoms with E-state index in [9.17, 15) is 19.5 Å². The maximum atomic E-state index is 13.5. The van der Waals surface area contributed by atoms with Crippen molar-refractivity contribution < 1.29 is 43.5 Å². The van der Waals surface area contributed by atoms with E-state index in [-0.39, 0.29) is 25.1 Å². The monoisotopic (exact) mass is 658 g/mol. The molecule has 0 aromatic heterocycles. The number of esters is 1. The Kier molecular flexibility index (Phi) is 9.23. The molecule has 3 fully saturated rings. The van der Waals surface area contributed by atoms with Crippen LogP contribution in [0.4, 0.5) is 0 Å². The second-order valence-electron chi connectivity index (χ2n) is 13.5. The molecule has 1 saturated carbocycles. The Morgan fingerprint density at radius 1 is 1.04 bits per heavy atom. The summed E-state index contributed by atoms with van der Waals surface area (Å²) in [5, 5.41) is 24.4. The molecule has 7 rings (SSSR count). The van der Waals surface area contributed by atoms with Crippen LogP contribution < -0.4 is 10.6 Å². The van der Waals surface area contributed by atoms with E-state index in [4.69, 9.17) is 24.1 Å². The minimum atomic E-state index is -1.26. The van der Waals surface area contributed by atoms with Gasteiger partial charge in [0.25, 0.3) is 0 Å². The molecule has 8 atom stereocenters. The van der Waals surface area contributed by atoms with Crippen molar-refractivity contribution in [2.45, 2.75) is 93.9 Å². The highest BCUT2D eigenvalue weighted by molar-refractivity contribution is 5.97. The fraction of sp³-hybridized carbons (Fsp3) is 0.486. The van der Waals surface area contributed by atoms with Gasteiger partial charge in [0.15, 0.2) is 5.79 Å². The molecule has 2 saturated heterocycles. The van der Waals surface area contributed by atoms with Crippen LogP contribution in [0.2, 0.25) is 0 Å². The van der Waals surface area contributed by atoms with Crippen LogP contribution in [-0.4, -0.2) is 89.6 Å². The van der Waals surface area contributed by atoms with Gasteiger partial charge in [-0.15, -0.1) is 0 Å². The normalized spacial score (nSPS) is 29.3. The molecule has 2 aliphatic heterocycles. The number of carbonyl (C=O) groups excluding carboxylic acids is 3. The molecule has 2 aromatic rings. The molecule has 2 aromatic carbocycles. The molecule has 8 unspecified atom stereocenters. The van der Waals surface area contributed by atoms with Gasteiger partial charge in [-0.05, 0) is 67.0 Å². The van der Waals surface area contributed by atoms with Crippen molar-refractivity contribution in [3.8, 4) is 0 Å². The molecule has 5 aliphatic rings. The van der Waals surface area contributed by atoms with E-state index in [1.165, 1.54) is 6.92 Å². The molecule has 254 valence electrons. The number of fused-ring (bicyclic) bond motifs is 3. The molecule has 2 heterocycles. The molecular formula is C37H42N2O9. The lowest BCUT2D eigenvalue weighted by molar-refractivity contribution is -0.172. The minimum Gasteiger partial charge on any atom is -0.456 e. The summed E-state index contributed by atoms with van der Waals surface area (Å²) < 4.78 is 24.8. The summed E-state index contributed by atoms with van der Waals surface area (Å²) in [4.78, 5) is 39.7. The first-order chi connectivity index (χ1) is 23.2. The smallest absolute Gasteiger partial charge is 0.338 e. The molecule has 1 spiro atoms. The Morgan fingerprint density at radius 2 is 1.79 bits per heavy atom. The molecule has 11 heteroatoms. The molecule has 4 N–H and O–H groups in total. The Bertz CT molecular complexity index is 1580. The Morgan fingerprint density at radius 3 is 2.48 bits per heavy atom. The zero-order valence-electron chi connectivity index (χ0n) is 26.9. The van der Waals surface area contributed by atoms with Gasteiger partial charge in [0, 0.05) is 31.4 Å². The third-order valence-electron chi connectivity index (χ3n) is 9.98. The standard InChI is InChI=1S/C37H42N2O9/c1-21(41)32(35(43)38-14-15-40)39-34(42)27-17-30(33-31(18-27)47-37(48-33)19-25-4-2-3-5-26(25)20-37)46-36(44)24-11-8-22(9-12-24)6-7-23-10-13-28-29(16-23)45-28/h2-9,11-12,18,21,23,28-33,40-41H,10,13-17,19-20H2,1H3,(H,38,43)(H,39,42). The van der Waals surface area contributed by atoms with E-state index in [0.29, 0.717) is 36.5 Å². The van der Waals surface area contributed by atoms with Crippen molar-refractivity contribution >= 4 is 23.9 Å². The van der Waals surface area contributed by atoms with E-state index >= 15 is 0 Å². The zero-order chi connectivity index (χ0) is 33.4. The minimum absolute atomic E-state index is 0.0176. The van der Waals surface area contributed by atoms with Gasteiger partial charge in [0.2, 0.25) is 11.8 Å². The number of rotatable bonds is 10. The van der Waals surface area contributed by atoms with Gasteiger partial charge in [-0.2, -0.15) is 0 Å². The Labute approximate surface area is 279 Å².